The lowest BCUT2D eigenvalue weighted by Crippen LogP contribution is -2.32. The van der Waals surface area contributed by atoms with Crippen LogP contribution in [0.2, 0.25) is 5.02 Å². The first-order chi connectivity index (χ1) is 15.3. The Kier molecular flexibility index (Phi) is 7.06. The summed E-state index contributed by atoms with van der Waals surface area (Å²) in [6, 6.07) is 6.45. The zero-order chi connectivity index (χ0) is 24.6. The second-order valence-electron chi connectivity index (χ2n) is 6.92. The Bertz CT molecular complexity index is 1260. The number of anilines is 2. The number of benzene rings is 1. The first-order valence-corrected chi connectivity index (χ1v) is 11.5. The summed E-state index contributed by atoms with van der Waals surface area (Å²) in [4.78, 5) is 17.7. The van der Waals surface area contributed by atoms with E-state index in [1.807, 2.05) is 0 Å². The Morgan fingerprint density at radius 3 is 2.55 bits per heavy atom. The summed E-state index contributed by atoms with van der Waals surface area (Å²) >= 11 is 11.5. The van der Waals surface area contributed by atoms with Crippen molar-refractivity contribution in [3.8, 4) is 0 Å². The molecule has 33 heavy (non-hydrogen) atoms. The van der Waals surface area contributed by atoms with Crippen LogP contribution in [-0.4, -0.2) is 37.8 Å². The number of rotatable bonds is 5. The Balaban J connectivity index is 1.96. The van der Waals surface area contributed by atoms with Crippen LogP contribution in [0.5, 0.6) is 0 Å². The van der Waals surface area contributed by atoms with E-state index >= 15 is 0 Å². The van der Waals surface area contributed by atoms with Crippen LogP contribution < -0.4 is 9.62 Å². The topological polar surface area (TPSA) is 79.4 Å². The van der Waals surface area contributed by atoms with E-state index < -0.39 is 49.5 Å². The maximum absolute atomic E-state index is 14.1. The smallest absolute Gasteiger partial charge is 0.307 e. The van der Waals surface area contributed by atoms with Gasteiger partial charge in [0, 0.05) is 18.3 Å². The van der Waals surface area contributed by atoms with Gasteiger partial charge in [-0.25, -0.2) is 17.8 Å². The van der Waals surface area contributed by atoms with Crippen LogP contribution in [0.1, 0.15) is 16.9 Å². The standard InChI is InChI=1S/C20H15Cl2F4N3O3S/c1-29(17-5-3-2-4-15(17)23)19(30)18-16(8-11(21)10-27-18)28-33(31,32)12-6-7-14(22)13(9-12)20(24,25)26/h2-5,7-10,12,28H,6H2,1H3. The van der Waals surface area contributed by atoms with Gasteiger partial charge in [0.15, 0.2) is 5.69 Å². The maximum Gasteiger partial charge on any atom is 0.417 e. The van der Waals surface area contributed by atoms with Gasteiger partial charge < -0.3 is 4.90 Å². The van der Waals surface area contributed by atoms with E-state index in [0.717, 1.165) is 29.3 Å². The molecular weight excluding hydrogens is 509 g/mol. The largest absolute Gasteiger partial charge is 0.417 e. The average molecular weight is 524 g/mol. The number of carbonyl (C=O) groups is 1. The number of alkyl halides is 3. The minimum absolute atomic E-state index is 0.0455. The van der Waals surface area contributed by atoms with Gasteiger partial charge in [-0.2, -0.15) is 13.2 Å². The molecule has 1 aliphatic rings. The number of halogens is 6. The summed E-state index contributed by atoms with van der Waals surface area (Å²) in [5, 5.41) is -2.29. The predicted molar refractivity (Wildman–Crippen MR) is 117 cm³/mol. The van der Waals surface area contributed by atoms with E-state index in [4.69, 9.17) is 23.2 Å². The number of hydrogen-bond acceptors (Lipinski definition) is 4. The van der Waals surface area contributed by atoms with E-state index in [-0.39, 0.29) is 22.8 Å². The lowest BCUT2D eigenvalue weighted by Gasteiger charge is -2.23. The highest BCUT2D eigenvalue weighted by molar-refractivity contribution is 7.93. The van der Waals surface area contributed by atoms with Crippen molar-refractivity contribution in [1.82, 2.24) is 4.98 Å². The third-order valence-corrected chi connectivity index (χ3v) is 6.87. The van der Waals surface area contributed by atoms with Gasteiger partial charge in [0.05, 0.1) is 22.0 Å². The molecule has 0 fully saturated rings. The number of nitrogens with zero attached hydrogens (tertiary/aromatic N) is 2. The molecule has 13 heteroatoms. The number of nitrogens with one attached hydrogen (secondary N) is 1. The molecule has 1 aromatic heterocycles. The van der Waals surface area contributed by atoms with Crippen LogP contribution in [0.15, 0.2) is 59.3 Å². The molecule has 1 unspecified atom stereocenters. The quantitative estimate of drug-likeness (QED) is 0.541. The highest BCUT2D eigenvalue weighted by Crippen LogP contribution is 2.38. The molecule has 1 aromatic carbocycles. The van der Waals surface area contributed by atoms with Gasteiger partial charge >= 0.3 is 6.18 Å². The summed E-state index contributed by atoms with van der Waals surface area (Å²) in [5.74, 6) is -1.59. The Hall–Kier alpha value is -2.63. The monoisotopic (exact) mass is 523 g/mol. The molecule has 1 heterocycles. The lowest BCUT2D eigenvalue weighted by molar-refractivity contribution is -0.0890. The number of aromatic nitrogens is 1. The zero-order valence-corrected chi connectivity index (χ0v) is 19.0. The van der Waals surface area contributed by atoms with Crippen molar-refractivity contribution in [3.05, 3.63) is 75.8 Å². The van der Waals surface area contributed by atoms with Gasteiger partial charge in [-0.05, 0) is 24.6 Å². The van der Waals surface area contributed by atoms with Crippen LogP contribution in [0.4, 0.5) is 28.9 Å². The summed E-state index contributed by atoms with van der Waals surface area (Å²) in [6.45, 7) is 0. The zero-order valence-electron chi connectivity index (χ0n) is 16.7. The molecule has 0 spiro atoms. The van der Waals surface area contributed by atoms with Crippen molar-refractivity contribution < 1.29 is 30.8 Å². The number of pyridine rings is 1. The molecule has 0 aliphatic heterocycles. The molecular formula is C20H15Cl2F4N3O3S. The van der Waals surface area contributed by atoms with Crippen LogP contribution in [0, 0.1) is 5.82 Å². The minimum atomic E-state index is -4.86. The number of hydrogen-bond donors (Lipinski definition) is 1. The van der Waals surface area contributed by atoms with Gasteiger partial charge in [-0.1, -0.05) is 47.5 Å². The van der Waals surface area contributed by atoms with E-state index in [9.17, 15) is 30.8 Å². The first-order valence-electron chi connectivity index (χ1n) is 9.16. The number of para-hydroxylation sites is 1. The van der Waals surface area contributed by atoms with Gasteiger partial charge in [-0.15, -0.1) is 0 Å². The molecule has 1 atom stereocenters. The molecule has 0 bridgehead atoms. The summed E-state index contributed by atoms with van der Waals surface area (Å²) < 4.78 is 81.4. The number of amides is 1. The van der Waals surface area contributed by atoms with Crippen molar-refractivity contribution in [2.45, 2.75) is 17.8 Å². The Labute approximate surface area is 196 Å². The van der Waals surface area contributed by atoms with Crippen LogP contribution in [0.3, 0.4) is 0 Å². The van der Waals surface area contributed by atoms with Gasteiger partial charge in [-0.3, -0.25) is 9.52 Å². The summed E-state index contributed by atoms with van der Waals surface area (Å²) in [6.07, 6.45) is -2.67. The molecule has 176 valence electrons. The third kappa shape index (κ3) is 5.48. The first kappa shape index (κ1) is 25.0. The fourth-order valence-corrected chi connectivity index (χ4v) is 4.71. The van der Waals surface area contributed by atoms with E-state index in [2.05, 4.69) is 9.71 Å². The fourth-order valence-electron chi connectivity index (χ4n) is 3.02. The summed E-state index contributed by atoms with van der Waals surface area (Å²) in [7, 11) is -3.25. The average Bonchev–Trinajstić information content (AvgIpc) is 2.72. The van der Waals surface area contributed by atoms with Crippen molar-refractivity contribution in [2.24, 2.45) is 0 Å². The van der Waals surface area contributed by atoms with Crippen molar-refractivity contribution >= 4 is 50.5 Å². The fraction of sp³-hybridized carbons (Fsp3) is 0.200. The van der Waals surface area contributed by atoms with E-state index in [1.54, 1.807) is 0 Å². The molecule has 6 nitrogen and oxygen atoms in total. The Morgan fingerprint density at radius 2 is 1.91 bits per heavy atom. The molecule has 0 radical (unpaired) electrons. The van der Waals surface area contributed by atoms with Gasteiger partial charge in [0.1, 0.15) is 11.1 Å². The van der Waals surface area contributed by atoms with Crippen LogP contribution >= 0.6 is 23.2 Å². The Morgan fingerprint density at radius 1 is 1.24 bits per heavy atom. The number of sulfonamides is 1. The molecule has 2 aromatic rings. The van der Waals surface area contributed by atoms with Gasteiger partial charge in [0.2, 0.25) is 10.0 Å². The molecule has 1 amide bonds. The normalized spacial score (nSPS) is 16.6. The molecule has 3 rings (SSSR count). The van der Waals surface area contributed by atoms with E-state index in [1.165, 1.54) is 25.2 Å². The molecule has 1 N–H and O–H groups in total. The van der Waals surface area contributed by atoms with Crippen molar-refractivity contribution in [3.63, 3.8) is 0 Å². The molecule has 0 saturated heterocycles. The predicted octanol–water partition coefficient (Wildman–Crippen LogP) is 5.28. The van der Waals surface area contributed by atoms with Crippen molar-refractivity contribution in [2.75, 3.05) is 16.7 Å². The third-order valence-electron chi connectivity index (χ3n) is 4.67. The van der Waals surface area contributed by atoms with E-state index in [0.29, 0.717) is 6.08 Å². The highest BCUT2D eigenvalue weighted by atomic mass is 35.5. The summed E-state index contributed by atoms with van der Waals surface area (Å²) in [5.41, 5.74) is -2.19. The second kappa shape index (κ2) is 9.32. The van der Waals surface area contributed by atoms with Gasteiger partial charge in [0.25, 0.3) is 5.91 Å². The maximum atomic E-state index is 14.1. The number of allylic oxidation sites excluding steroid dienone is 3. The lowest BCUT2D eigenvalue weighted by atomic mass is 10.1. The van der Waals surface area contributed by atoms with Crippen molar-refractivity contribution in [1.29, 1.82) is 0 Å². The second-order valence-corrected chi connectivity index (χ2v) is 9.66. The number of carbonyl (C=O) groups excluding carboxylic acids is 1. The SMILES string of the molecule is CN(C(=O)c1ncc(Cl)cc1NS(=O)(=O)C1C=C(C(F)(F)F)C(Cl)=CC1)c1ccccc1F. The minimum Gasteiger partial charge on any atom is -0.307 e. The highest BCUT2D eigenvalue weighted by Gasteiger charge is 2.40. The molecule has 0 saturated carbocycles. The molecule has 1 aliphatic carbocycles. The van der Waals surface area contributed by atoms with Crippen LogP contribution in [0.25, 0.3) is 0 Å². The van der Waals surface area contributed by atoms with Crippen LogP contribution in [-0.2, 0) is 10.0 Å².